The van der Waals surface area contributed by atoms with Gasteiger partial charge >= 0.3 is 16.8 Å². The van der Waals surface area contributed by atoms with E-state index >= 15 is 0 Å². The topological polar surface area (TPSA) is 209 Å². The average molecular weight is 565 g/mol. The Hall–Kier alpha value is -3.26. The number of nitrogens with zero attached hydrogens (tertiary/aromatic N) is 4. The van der Waals surface area contributed by atoms with Gasteiger partial charge in [-0.3, -0.25) is 19.9 Å². The van der Waals surface area contributed by atoms with Crippen LogP contribution in [0.3, 0.4) is 0 Å². The zero-order valence-corrected chi connectivity index (χ0v) is 19.6. The molecule has 33 heavy (non-hydrogen) atoms. The van der Waals surface area contributed by atoms with Crippen LogP contribution in [0.1, 0.15) is 0 Å². The van der Waals surface area contributed by atoms with E-state index < -0.39 is 6.16 Å². The molecule has 0 fully saturated rings. The SMILES string of the molecule is O.O.O.O=C([O-])[O-].[Br-].[Co+3].c1ccc(-c2ccccn2)nc1.c1ccc(-c2ccccn2)nc1. The van der Waals surface area contributed by atoms with Gasteiger partial charge in [0.15, 0.2) is 0 Å². The van der Waals surface area contributed by atoms with Crippen LogP contribution in [0.4, 0.5) is 4.79 Å². The quantitative estimate of drug-likeness (QED) is 0.238. The molecule has 0 atom stereocenters. The van der Waals surface area contributed by atoms with Crippen molar-refractivity contribution >= 4 is 6.16 Å². The second-order valence-corrected chi connectivity index (χ2v) is 5.11. The van der Waals surface area contributed by atoms with Crippen molar-refractivity contribution in [3.05, 3.63) is 97.6 Å². The molecule has 0 radical (unpaired) electrons. The van der Waals surface area contributed by atoms with Crippen LogP contribution in [0.25, 0.3) is 22.8 Å². The van der Waals surface area contributed by atoms with Crippen molar-refractivity contribution in [2.75, 3.05) is 0 Å². The number of carbonyl (C=O) groups is 1. The Morgan fingerprint density at radius 1 is 0.515 bits per heavy atom. The third-order valence-corrected chi connectivity index (χ3v) is 3.18. The van der Waals surface area contributed by atoms with E-state index in [1.165, 1.54) is 0 Å². The van der Waals surface area contributed by atoms with Gasteiger partial charge < -0.3 is 48.4 Å². The van der Waals surface area contributed by atoms with Crippen LogP contribution in [0.5, 0.6) is 0 Å². The van der Waals surface area contributed by atoms with E-state index in [4.69, 9.17) is 15.0 Å². The van der Waals surface area contributed by atoms with Gasteiger partial charge in [0.05, 0.1) is 22.8 Å². The van der Waals surface area contributed by atoms with Gasteiger partial charge in [0.1, 0.15) is 0 Å². The summed E-state index contributed by atoms with van der Waals surface area (Å²) < 4.78 is 0. The first-order valence-corrected chi connectivity index (χ1v) is 8.19. The van der Waals surface area contributed by atoms with Gasteiger partial charge in [0.25, 0.3) is 0 Å². The maximum Gasteiger partial charge on any atom is 3.00 e. The number of aromatic nitrogens is 4. The van der Waals surface area contributed by atoms with Gasteiger partial charge in [-0.15, -0.1) is 0 Å². The molecule has 0 aliphatic rings. The van der Waals surface area contributed by atoms with E-state index in [0.29, 0.717) is 0 Å². The number of hydrogen-bond donors (Lipinski definition) is 0. The van der Waals surface area contributed by atoms with Crippen LogP contribution in [0, 0.1) is 0 Å². The van der Waals surface area contributed by atoms with Gasteiger partial charge in [0.2, 0.25) is 0 Å². The molecule has 0 bridgehead atoms. The molecule has 10 nitrogen and oxygen atoms in total. The first kappa shape index (κ1) is 37.1. The van der Waals surface area contributed by atoms with Crippen LogP contribution in [0.2, 0.25) is 0 Å². The molecule has 4 aromatic rings. The number of carboxylic acid groups (broad SMARTS) is 2. The van der Waals surface area contributed by atoms with Crippen molar-refractivity contribution in [1.82, 2.24) is 19.9 Å². The zero-order valence-electron chi connectivity index (χ0n) is 17.0. The molecular formula is C21H22BrCoN4O6. The van der Waals surface area contributed by atoms with Crippen molar-refractivity contribution in [3.8, 4) is 22.8 Å². The number of carbonyl (C=O) groups excluding carboxylic acids is 1. The molecule has 178 valence electrons. The fraction of sp³-hybridized carbons (Fsp3) is 0. The molecule has 4 heterocycles. The largest absolute Gasteiger partial charge is 3.00 e. The van der Waals surface area contributed by atoms with E-state index in [1.54, 1.807) is 24.8 Å². The Bertz CT molecular complexity index is 805. The van der Waals surface area contributed by atoms with E-state index in [-0.39, 0.29) is 50.2 Å². The molecule has 6 N–H and O–H groups in total. The molecule has 0 unspecified atom stereocenters. The molecule has 12 heteroatoms. The summed E-state index contributed by atoms with van der Waals surface area (Å²) >= 11 is 0. The van der Waals surface area contributed by atoms with Gasteiger partial charge in [-0.05, 0) is 54.7 Å². The fourth-order valence-electron chi connectivity index (χ4n) is 2.06. The van der Waals surface area contributed by atoms with E-state index in [1.807, 2.05) is 72.8 Å². The van der Waals surface area contributed by atoms with Crippen LogP contribution in [0.15, 0.2) is 97.6 Å². The number of rotatable bonds is 2. The van der Waals surface area contributed by atoms with E-state index in [2.05, 4.69) is 19.9 Å². The monoisotopic (exact) mass is 564 g/mol. The summed E-state index contributed by atoms with van der Waals surface area (Å²) in [7, 11) is 0. The minimum Gasteiger partial charge on any atom is -1.00 e. The summed E-state index contributed by atoms with van der Waals surface area (Å²) in [5.41, 5.74) is 3.66. The molecule has 0 aromatic carbocycles. The molecule has 0 amide bonds. The Morgan fingerprint density at radius 3 is 0.818 bits per heavy atom. The molecule has 0 saturated carbocycles. The van der Waals surface area contributed by atoms with Crippen molar-refractivity contribution < 1.29 is 65.2 Å². The molecular weight excluding hydrogens is 543 g/mol. The van der Waals surface area contributed by atoms with Crippen molar-refractivity contribution in [1.29, 1.82) is 0 Å². The Kier molecular flexibility index (Phi) is 24.7. The third kappa shape index (κ3) is 15.2. The average Bonchev–Trinajstić information content (AvgIpc) is 2.76. The van der Waals surface area contributed by atoms with Gasteiger partial charge in [0, 0.05) is 24.8 Å². The normalized spacial score (nSPS) is 7.76. The van der Waals surface area contributed by atoms with Gasteiger partial charge in [-0.25, -0.2) is 0 Å². The molecule has 4 aromatic heterocycles. The maximum absolute atomic E-state index is 8.33. The molecule has 0 aliphatic heterocycles. The molecule has 0 spiro atoms. The predicted molar refractivity (Wildman–Crippen MR) is 111 cm³/mol. The fourth-order valence-corrected chi connectivity index (χ4v) is 2.06. The Morgan fingerprint density at radius 2 is 0.697 bits per heavy atom. The van der Waals surface area contributed by atoms with Crippen molar-refractivity contribution in [2.24, 2.45) is 0 Å². The second kappa shape index (κ2) is 21.9. The van der Waals surface area contributed by atoms with E-state index in [9.17, 15) is 0 Å². The maximum atomic E-state index is 8.33. The standard InChI is InChI=1S/2C10H8N2.CH2O3.BrH.Co.3H2O/c2*1-3-7-11-9(5-1)10-6-2-4-8-12-10;2-1(3)4;;;;;/h2*1-8H;(H2,2,3,4);1H;;3*1H2/q;;;;+3;;;/p-3. The van der Waals surface area contributed by atoms with E-state index in [0.717, 1.165) is 22.8 Å². The smallest absolute Gasteiger partial charge is 1.00 e. The van der Waals surface area contributed by atoms with Crippen LogP contribution in [-0.2, 0) is 16.8 Å². The minimum absolute atomic E-state index is 0. The Labute approximate surface area is 211 Å². The predicted octanol–water partition coefficient (Wildman–Crippen LogP) is -3.63. The van der Waals surface area contributed by atoms with Crippen molar-refractivity contribution in [3.63, 3.8) is 0 Å². The third-order valence-electron chi connectivity index (χ3n) is 3.18. The summed E-state index contributed by atoms with van der Waals surface area (Å²) in [6, 6.07) is 23.2. The van der Waals surface area contributed by atoms with Gasteiger partial charge in [-0.1, -0.05) is 24.3 Å². The summed E-state index contributed by atoms with van der Waals surface area (Å²) in [6.07, 6.45) is 4.74. The second-order valence-electron chi connectivity index (χ2n) is 5.11. The summed E-state index contributed by atoms with van der Waals surface area (Å²) in [6.45, 7) is 0. The number of hydrogen-bond acceptors (Lipinski definition) is 7. The summed E-state index contributed by atoms with van der Waals surface area (Å²) in [5, 5.41) is 16.7. The Balaban J connectivity index is -0.000000195. The molecule has 0 saturated heterocycles. The van der Waals surface area contributed by atoms with Crippen LogP contribution in [-0.4, -0.2) is 42.5 Å². The summed E-state index contributed by atoms with van der Waals surface area (Å²) in [4.78, 5) is 25.1. The number of pyridine rings is 4. The summed E-state index contributed by atoms with van der Waals surface area (Å²) in [5.74, 6) is 0. The van der Waals surface area contributed by atoms with Crippen molar-refractivity contribution in [2.45, 2.75) is 0 Å². The molecule has 4 rings (SSSR count). The first-order valence-electron chi connectivity index (χ1n) is 8.19. The van der Waals surface area contributed by atoms with Crippen LogP contribution >= 0.6 is 0 Å². The molecule has 0 aliphatic carbocycles. The first-order chi connectivity index (χ1) is 13.7. The van der Waals surface area contributed by atoms with Crippen LogP contribution < -0.4 is 27.2 Å². The number of halogens is 1. The minimum atomic E-state index is -2.33. The zero-order chi connectivity index (χ0) is 20.0. The van der Waals surface area contributed by atoms with Gasteiger partial charge in [-0.2, -0.15) is 0 Å².